The summed E-state index contributed by atoms with van der Waals surface area (Å²) in [7, 11) is 0. The van der Waals surface area contributed by atoms with Gasteiger partial charge in [-0.2, -0.15) is 16.9 Å². The molecule has 3 rings (SSSR count). The van der Waals surface area contributed by atoms with Gasteiger partial charge >= 0.3 is 0 Å². The van der Waals surface area contributed by atoms with E-state index in [9.17, 15) is 4.79 Å². The minimum absolute atomic E-state index is 0.305. The van der Waals surface area contributed by atoms with E-state index < -0.39 is 0 Å². The second-order valence-electron chi connectivity index (χ2n) is 6.11. The van der Waals surface area contributed by atoms with Crippen molar-refractivity contribution in [3.63, 3.8) is 0 Å². The third-order valence-corrected chi connectivity index (χ3v) is 5.34. The number of rotatable bonds is 5. The standard InChI is InChI=1S/C15H23N3OS/c1-11-7-12(2)18(16-11)14-5-6-17(8-14)15(19)10-20-9-13-3-4-13/h7,13-14H,3-6,8-10H2,1-2H3/t14-/m1/s1. The summed E-state index contributed by atoms with van der Waals surface area (Å²) in [6, 6.07) is 2.47. The lowest BCUT2D eigenvalue weighted by Crippen LogP contribution is -2.31. The van der Waals surface area contributed by atoms with Gasteiger partial charge in [-0.05, 0) is 50.8 Å². The fourth-order valence-electron chi connectivity index (χ4n) is 2.87. The van der Waals surface area contributed by atoms with Gasteiger partial charge in [-0.3, -0.25) is 9.48 Å². The number of carbonyl (C=O) groups excluding carboxylic acids is 1. The summed E-state index contributed by atoms with van der Waals surface area (Å²) < 4.78 is 2.10. The highest BCUT2D eigenvalue weighted by molar-refractivity contribution is 7.99. The Labute approximate surface area is 124 Å². The van der Waals surface area contributed by atoms with Crippen molar-refractivity contribution in [1.29, 1.82) is 0 Å². The lowest BCUT2D eigenvalue weighted by molar-refractivity contribution is -0.127. The van der Waals surface area contributed by atoms with Gasteiger partial charge < -0.3 is 4.90 Å². The Kier molecular flexibility index (Phi) is 4.06. The van der Waals surface area contributed by atoms with Crippen LogP contribution in [0.4, 0.5) is 0 Å². The smallest absolute Gasteiger partial charge is 0.232 e. The molecule has 0 aromatic carbocycles. The van der Waals surface area contributed by atoms with Gasteiger partial charge in [-0.15, -0.1) is 0 Å². The van der Waals surface area contributed by atoms with Crippen LogP contribution in [0, 0.1) is 19.8 Å². The first-order chi connectivity index (χ1) is 9.63. The largest absolute Gasteiger partial charge is 0.340 e. The quantitative estimate of drug-likeness (QED) is 0.837. The minimum Gasteiger partial charge on any atom is -0.340 e. The third kappa shape index (κ3) is 3.19. The van der Waals surface area contributed by atoms with Gasteiger partial charge in [0.1, 0.15) is 0 Å². The van der Waals surface area contributed by atoms with E-state index in [1.807, 2.05) is 23.6 Å². The summed E-state index contributed by atoms with van der Waals surface area (Å²) in [5.74, 6) is 3.02. The number of aromatic nitrogens is 2. The van der Waals surface area contributed by atoms with Gasteiger partial charge in [0.05, 0.1) is 17.5 Å². The first kappa shape index (κ1) is 14.0. The molecule has 1 atom stereocenters. The molecule has 0 N–H and O–H groups in total. The molecule has 0 radical (unpaired) electrons. The minimum atomic E-state index is 0.305. The van der Waals surface area contributed by atoms with Crippen LogP contribution in [0.2, 0.25) is 0 Å². The van der Waals surface area contributed by atoms with E-state index in [-0.39, 0.29) is 0 Å². The SMILES string of the molecule is Cc1cc(C)n([C@@H]2CCN(C(=O)CSCC3CC3)C2)n1. The van der Waals surface area contributed by atoms with Gasteiger partial charge in [0.15, 0.2) is 0 Å². The number of nitrogens with zero attached hydrogens (tertiary/aromatic N) is 3. The van der Waals surface area contributed by atoms with Crippen molar-refractivity contribution in [1.82, 2.24) is 14.7 Å². The van der Waals surface area contributed by atoms with Crippen molar-refractivity contribution in [2.45, 2.75) is 39.2 Å². The van der Waals surface area contributed by atoms with Crippen LogP contribution in [0.1, 0.15) is 36.7 Å². The molecular formula is C15H23N3OS. The molecule has 2 heterocycles. The molecule has 0 bridgehead atoms. The molecule has 1 aliphatic carbocycles. The van der Waals surface area contributed by atoms with Crippen molar-refractivity contribution in [2.24, 2.45) is 5.92 Å². The van der Waals surface area contributed by atoms with Gasteiger partial charge in [-0.1, -0.05) is 0 Å². The molecule has 1 aromatic heterocycles. The van der Waals surface area contributed by atoms with Gasteiger partial charge in [0.25, 0.3) is 0 Å². The van der Waals surface area contributed by atoms with Crippen LogP contribution < -0.4 is 0 Å². The van der Waals surface area contributed by atoms with Crippen LogP contribution >= 0.6 is 11.8 Å². The molecule has 2 aliphatic rings. The molecule has 0 unspecified atom stereocenters. The normalized spacial score (nSPS) is 22.5. The van der Waals surface area contributed by atoms with Crippen LogP contribution in [0.3, 0.4) is 0 Å². The second kappa shape index (κ2) is 5.80. The second-order valence-corrected chi connectivity index (χ2v) is 7.14. The fraction of sp³-hybridized carbons (Fsp3) is 0.733. The third-order valence-electron chi connectivity index (χ3n) is 4.18. The average molecular weight is 293 g/mol. The summed E-state index contributed by atoms with van der Waals surface area (Å²) in [6.45, 7) is 5.82. The zero-order chi connectivity index (χ0) is 14.1. The maximum absolute atomic E-state index is 12.2. The molecule has 5 heteroatoms. The highest BCUT2D eigenvalue weighted by Crippen LogP contribution is 2.32. The number of amides is 1. The van der Waals surface area contributed by atoms with E-state index in [1.54, 1.807) is 0 Å². The van der Waals surface area contributed by atoms with Crippen LogP contribution in [0.25, 0.3) is 0 Å². The Hall–Kier alpha value is -0.970. The predicted octanol–water partition coefficient (Wildman–Crippen LogP) is 2.42. The van der Waals surface area contributed by atoms with Gasteiger partial charge in [-0.25, -0.2) is 0 Å². The number of hydrogen-bond donors (Lipinski definition) is 0. The van der Waals surface area contributed by atoms with E-state index in [4.69, 9.17) is 0 Å². The molecule has 1 saturated heterocycles. The summed E-state index contributed by atoms with van der Waals surface area (Å²) in [5, 5.41) is 4.55. The number of likely N-dealkylation sites (tertiary alicyclic amines) is 1. The Morgan fingerprint density at radius 3 is 2.85 bits per heavy atom. The van der Waals surface area contributed by atoms with Crippen LogP contribution in [0.15, 0.2) is 6.07 Å². The first-order valence-electron chi connectivity index (χ1n) is 7.52. The van der Waals surface area contributed by atoms with Crippen molar-refractivity contribution < 1.29 is 4.79 Å². The first-order valence-corrected chi connectivity index (χ1v) is 8.67. The Balaban J connectivity index is 1.50. The van der Waals surface area contributed by atoms with Crippen molar-refractivity contribution in [3.05, 3.63) is 17.5 Å². The van der Waals surface area contributed by atoms with E-state index in [1.165, 1.54) is 24.3 Å². The van der Waals surface area contributed by atoms with Crippen molar-refractivity contribution in [3.8, 4) is 0 Å². The summed E-state index contributed by atoms with van der Waals surface area (Å²) in [4.78, 5) is 14.2. The number of aryl methyl sites for hydroxylation is 2. The lowest BCUT2D eigenvalue weighted by Gasteiger charge is -2.17. The molecule has 1 aliphatic heterocycles. The Morgan fingerprint density at radius 1 is 1.40 bits per heavy atom. The number of hydrogen-bond acceptors (Lipinski definition) is 3. The van der Waals surface area contributed by atoms with E-state index >= 15 is 0 Å². The Morgan fingerprint density at radius 2 is 2.20 bits per heavy atom. The molecule has 20 heavy (non-hydrogen) atoms. The molecule has 2 fully saturated rings. The maximum Gasteiger partial charge on any atom is 0.232 e. The van der Waals surface area contributed by atoms with E-state index in [0.717, 1.165) is 31.1 Å². The Bertz CT molecular complexity index is 495. The molecule has 4 nitrogen and oxygen atoms in total. The van der Waals surface area contributed by atoms with E-state index in [0.29, 0.717) is 17.7 Å². The number of thioether (sulfide) groups is 1. The molecule has 1 amide bonds. The van der Waals surface area contributed by atoms with Crippen LogP contribution in [-0.4, -0.2) is 45.2 Å². The predicted molar refractivity (Wildman–Crippen MR) is 82.0 cm³/mol. The topological polar surface area (TPSA) is 38.1 Å². The average Bonchev–Trinajstić information content (AvgIpc) is 2.98. The zero-order valence-corrected chi connectivity index (χ0v) is 13.2. The van der Waals surface area contributed by atoms with Crippen molar-refractivity contribution >= 4 is 17.7 Å². The highest BCUT2D eigenvalue weighted by atomic mass is 32.2. The lowest BCUT2D eigenvalue weighted by atomic mass is 10.2. The fourth-order valence-corrected chi connectivity index (χ4v) is 4.01. The molecule has 1 saturated carbocycles. The molecular weight excluding hydrogens is 270 g/mol. The van der Waals surface area contributed by atoms with Crippen LogP contribution in [0.5, 0.6) is 0 Å². The van der Waals surface area contributed by atoms with Gasteiger partial charge in [0, 0.05) is 18.8 Å². The molecule has 1 aromatic rings. The highest BCUT2D eigenvalue weighted by Gasteiger charge is 2.29. The zero-order valence-electron chi connectivity index (χ0n) is 12.3. The molecule has 0 spiro atoms. The summed E-state index contributed by atoms with van der Waals surface area (Å²) in [5.41, 5.74) is 2.26. The van der Waals surface area contributed by atoms with Crippen LogP contribution in [-0.2, 0) is 4.79 Å². The van der Waals surface area contributed by atoms with Gasteiger partial charge in [0.2, 0.25) is 5.91 Å². The molecule has 110 valence electrons. The summed E-state index contributed by atoms with van der Waals surface area (Å²) >= 11 is 1.81. The van der Waals surface area contributed by atoms with E-state index in [2.05, 4.69) is 22.8 Å². The summed E-state index contributed by atoms with van der Waals surface area (Å²) in [6.07, 6.45) is 3.76. The maximum atomic E-state index is 12.2. The number of carbonyl (C=O) groups is 1. The van der Waals surface area contributed by atoms with Crippen molar-refractivity contribution in [2.75, 3.05) is 24.6 Å². The monoisotopic (exact) mass is 293 g/mol.